The number of carbonyl (C=O) groups excluding carboxylic acids is 1. The van der Waals surface area contributed by atoms with Crippen LogP contribution >= 0.6 is 0 Å². The predicted molar refractivity (Wildman–Crippen MR) is 85.3 cm³/mol. The van der Waals surface area contributed by atoms with Crippen molar-refractivity contribution in [2.45, 2.75) is 51.9 Å². The van der Waals surface area contributed by atoms with E-state index in [9.17, 15) is 13.6 Å². The number of hydrogen-bond acceptors (Lipinski definition) is 4. The van der Waals surface area contributed by atoms with E-state index >= 15 is 0 Å². The van der Waals surface area contributed by atoms with Crippen LogP contribution in [0.4, 0.5) is 8.78 Å². The smallest absolute Gasteiger partial charge is 0.399 e. The van der Waals surface area contributed by atoms with Gasteiger partial charge in [0.2, 0.25) is 0 Å². The largest absolute Gasteiger partial charge is 0.495 e. The minimum atomic E-state index is -2.43. The van der Waals surface area contributed by atoms with Gasteiger partial charge >= 0.3 is 7.12 Å². The third-order valence-corrected chi connectivity index (χ3v) is 4.42. The fraction of sp³-hybridized carbons (Fsp3) is 0.562. The van der Waals surface area contributed by atoms with Crippen LogP contribution in [0.5, 0.6) is 0 Å². The third-order valence-electron chi connectivity index (χ3n) is 4.42. The number of alkyl halides is 2. The van der Waals surface area contributed by atoms with E-state index in [1.807, 2.05) is 27.7 Å². The summed E-state index contributed by atoms with van der Waals surface area (Å²) in [5.74, 6) is 0. The zero-order chi connectivity index (χ0) is 17.3. The van der Waals surface area contributed by atoms with Crippen molar-refractivity contribution >= 4 is 18.9 Å². The van der Waals surface area contributed by atoms with E-state index < -0.39 is 31.3 Å². The minimum Gasteiger partial charge on any atom is -0.399 e. The average Bonchev–Trinajstić information content (AvgIpc) is 2.66. The van der Waals surface area contributed by atoms with Gasteiger partial charge in [0.1, 0.15) is 6.29 Å². The molecule has 1 fully saturated rings. The molecule has 1 aromatic rings. The molecule has 7 heteroatoms. The van der Waals surface area contributed by atoms with E-state index in [1.165, 1.54) is 0 Å². The highest BCUT2D eigenvalue weighted by atomic mass is 19.3. The van der Waals surface area contributed by atoms with Crippen LogP contribution in [0.1, 0.15) is 43.6 Å². The van der Waals surface area contributed by atoms with E-state index in [4.69, 9.17) is 9.31 Å². The Bertz CT molecular complexity index is 562. The molecule has 2 rings (SSSR count). The number of halogens is 2. The molecule has 1 saturated heterocycles. The van der Waals surface area contributed by atoms with Crippen LogP contribution in [-0.4, -0.2) is 37.6 Å². The number of aldehydes is 1. The topological polar surface area (TPSA) is 47.6 Å². The lowest BCUT2D eigenvalue weighted by Crippen LogP contribution is -2.41. The van der Waals surface area contributed by atoms with Crippen LogP contribution in [-0.2, 0) is 15.9 Å². The van der Waals surface area contributed by atoms with E-state index in [0.717, 1.165) is 11.7 Å². The normalized spacial score (nSPS) is 19.3. The second-order valence-electron chi connectivity index (χ2n) is 6.69. The van der Waals surface area contributed by atoms with Crippen molar-refractivity contribution in [2.75, 3.05) is 6.54 Å². The Labute approximate surface area is 135 Å². The number of benzene rings is 1. The zero-order valence-electron chi connectivity index (χ0n) is 13.9. The van der Waals surface area contributed by atoms with Gasteiger partial charge in [0.25, 0.3) is 6.43 Å². The molecule has 0 aromatic heterocycles. The SMILES string of the molecule is CC1(C)OB(c2ccc(C=O)cc2CNCC(F)F)OC1(C)C. The Morgan fingerprint density at radius 2 is 1.83 bits per heavy atom. The van der Waals surface area contributed by atoms with Crippen molar-refractivity contribution in [1.29, 1.82) is 0 Å². The van der Waals surface area contributed by atoms with Gasteiger partial charge in [-0.1, -0.05) is 12.1 Å². The number of rotatable bonds is 6. The molecule has 0 atom stereocenters. The van der Waals surface area contributed by atoms with Crippen LogP contribution in [0.2, 0.25) is 0 Å². The van der Waals surface area contributed by atoms with E-state index in [1.54, 1.807) is 18.2 Å². The van der Waals surface area contributed by atoms with Gasteiger partial charge in [-0.3, -0.25) is 4.79 Å². The molecule has 0 bridgehead atoms. The summed E-state index contributed by atoms with van der Waals surface area (Å²) in [7, 11) is -0.593. The Kier molecular flexibility index (Phi) is 5.23. The van der Waals surface area contributed by atoms with Crippen LogP contribution in [0.3, 0.4) is 0 Å². The molecule has 1 aromatic carbocycles. The molecular weight excluding hydrogens is 303 g/mol. The average molecular weight is 325 g/mol. The summed E-state index contributed by atoms with van der Waals surface area (Å²) >= 11 is 0. The van der Waals surface area contributed by atoms with Crippen LogP contribution in [0.25, 0.3) is 0 Å². The predicted octanol–water partition coefficient (Wildman–Crippen LogP) is 2.15. The number of carbonyl (C=O) groups is 1. The molecule has 0 amide bonds. The first-order valence-corrected chi connectivity index (χ1v) is 7.59. The Morgan fingerprint density at radius 3 is 2.35 bits per heavy atom. The van der Waals surface area contributed by atoms with Crippen molar-refractivity contribution < 1.29 is 22.9 Å². The van der Waals surface area contributed by atoms with Gasteiger partial charge in [0, 0.05) is 12.1 Å². The first-order chi connectivity index (χ1) is 10.7. The van der Waals surface area contributed by atoms with Gasteiger partial charge < -0.3 is 14.6 Å². The van der Waals surface area contributed by atoms with E-state index in [0.29, 0.717) is 11.1 Å². The number of hydrogen-bond donors (Lipinski definition) is 1. The Balaban J connectivity index is 2.26. The van der Waals surface area contributed by atoms with E-state index in [-0.39, 0.29) is 6.54 Å². The Hall–Kier alpha value is -1.31. The highest BCUT2D eigenvalue weighted by Crippen LogP contribution is 2.36. The van der Waals surface area contributed by atoms with Crippen LogP contribution in [0.15, 0.2) is 18.2 Å². The van der Waals surface area contributed by atoms with Gasteiger partial charge in [0.15, 0.2) is 0 Å². The van der Waals surface area contributed by atoms with Gasteiger partial charge in [-0.2, -0.15) is 0 Å². The maximum Gasteiger partial charge on any atom is 0.495 e. The molecule has 23 heavy (non-hydrogen) atoms. The van der Waals surface area contributed by atoms with Crippen molar-refractivity contribution in [3.63, 3.8) is 0 Å². The standard InChI is InChI=1S/C16H22BF2NO3/c1-15(2)16(3,4)23-17(22-15)13-6-5-11(10-21)7-12(13)8-20-9-14(18)19/h5-7,10,14,20H,8-9H2,1-4H3. The van der Waals surface area contributed by atoms with Gasteiger partial charge in [-0.15, -0.1) is 0 Å². The van der Waals surface area contributed by atoms with E-state index in [2.05, 4.69) is 5.32 Å². The summed E-state index contributed by atoms with van der Waals surface area (Å²) in [6.07, 6.45) is -1.70. The lowest BCUT2D eigenvalue weighted by Gasteiger charge is -2.32. The summed E-state index contributed by atoms with van der Waals surface area (Å²) in [6, 6.07) is 5.10. The first-order valence-electron chi connectivity index (χ1n) is 7.59. The van der Waals surface area contributed by atoms with Crippen LogP contribution in [0, 0.1) is 0 Å². The molecule has 126 valence electrons. The van der Waals surface area contributed by atoms with Gasteiger partial charge in [-0.25, -0.2) is 8.78 Å². The second kappa shape index (κ2) is 6.67. The monoisotopic (exact) mass is 325 g/mol. The maximum absolute atomic E-state index is 12.3. The molecule has 0 unspecified atom stereocenters. The molecule has 4 nitrogen and oxygen atoms in total. The molecule has 0 spiro atoms. The fourth-order valence-electron chi connectivity index (χ4n) is 2.37. The highest BCUT2D eigenvalue weighted by Gasteiger charge is 2.52. The molecule has 0 saturated carbocycles. The Morgan fingerprint density at radius 1 is 1.22 bits per heavy atom. The quantitative estimate of drug-likeness (QED) is 0.643. The molecule has 1 heterocycles. The summed E-state index contributed by atoms with van der Waals surface area (Å²) in [6.45, 7) is 7.59. The molecule has 1 aliphatic rings. The van der Waals surface area contributed by atoms with Crippen molar-refractivity contribution in [2.24, 2.45) is 0 Å². The van der Waals surface area contributed by atoms with Crippen molar-refractivity contribution in [3.05, 3.63) is 29.3 Å². The molecule has 0 aliphatic carbocycles. The third kappa shape index (κ3) is 3.97. The molecular formula is C16H22BF2NO3. The zero-order valence-corrected chi connectivity index (χ0v) is 13.9. The highest BCUT2D eigenvalue weighted by molar-refractivity contribution is 6.62. The number of nitrogens with one attached hydrogen (secondary N) is 1. The maximum atomic E-state index is 12.3. The minimum absolute atomic E-state index is 0.214. The molecule has 0 radical (unpaired) electrons. The molecule has 1 aliphatic heterocycles. The lowest BCUT2D eigenvalue weighted by atomic mass is 9.75. The molecule has 1 N–H and O–H groups in total. The lowest BCUT2D eigenvalue weighted by molar-refractivity contribution is 0.00578. The fourth-order valence-corrected chi connectivity index (χ4v) is 2.37. The summed E-state index contributed by atoms with van der Waals surface area (Å²) < 4.78 is 36.6. The van der Waals surface area contributed by atoms with Gasteiger partial charge in [-0.05, 0) is 44.8 Å². The van der Waals surface area contributed by atoms with Gasteiger partial charge in [0.05, 0.1) is 17.7 Å². The summed E-state index contributed by atoms with van der Waals surface area (Å²) in [5, 5.41) is 2.68. The van der Waals surface area contributed by atoms with Crippen molar-refractivity contribution in [1.82, 2.24) is 5.32 Å². The van der Waals surface area contributed by atoms with Crippen molar-refractivity contribution in [3.8, 4) is 0 Å². The summed E-state index contributed by atoms with van der Waals surface area (Å²) in [5.41, 5.74) is 0.965. The second-order valence-corrected chi connectivity index (χ2v) is 6.69. The first kappa shape index (κ1) is 18.0. The van der Waals surface area contributed by atoms with Crippen LogP contribution < -0.4 is 10.8 Å². The summed E-state index contributed by atoms with van der Waals surface area (Å²) in [4.78, 5) is 11.0.